The van der Waals surface area contributed by atoms with Crippen LogP contribution >= 0.6 is 27.7 Å². The van der Waals surface area contributed by atoms with Crippen molar-refractivity contribution >= 4 is 27.7 Å². The number of halogens is 1. The van der Waals surface area contributed by atoms with Crippen LogP contribution in [0.4, 0.5) is 0 Å². The van der Waals surface area contributed by atoms with Crippen LogP contribution in [0.15, 0.2) is 27.6 Å². The first-order chi connectivity index (χ1) is 6.29. The Bertz CT molecular complexity index is 314. The summed E-state index contributed by atoms with van der Waals surface area (Å²) in [6.07, 6.45) is 2.30. The van der Waals surface area contributed by atoms with Gasteiger partial charge in [-0.1, -0.05) is 15.9 Å². The SMILES string of the molecule is NCCC1Cc2cc(Br)ccc2S1. The van der Waals surface area contributed by atoms with E-state index in [1.165, 1.54) is 21.4 Å². The summed E-state index contributed by atoms with van der Waals surface area (Å²) in [6, 6.07) is 6.52. The predicted molar refractivity (Wildman–Crippen MR) is 61.2 cm³/mol. The molecule has 1 unspecified atom stereocenters. The van der Waals surface area contributed by atoms with Crippen LogP contribution in [0.25, 0.3) is 0 Å². The van der Waals surface area contributed by atoms with Gasteiger partial charge in [0.1, 0.15) is 0 Å². The highest BCUT2D eigenvalue weighted by Gasteiger charge is 2.21. The summed E-state index contributed by atoms with van der Waals surface area (Å²) in [5.41, 5.74) is 7.02. The number of hydrogen-bond acceptors (Lipinski definition) is 2. The fraction of sp³-hybridized carbons (Fsp3) is 0.400. The van der Waals surface area contributed by atoms with Crippen LogP contribution in [0.2, 0.25) is 0 Å². The van der Waals surface area contributed by atoms with E-state index in [9.17, 15) is 0 Å². The molecule has 0 spiro atoms. The van der Waals surface area contributed by atoms with Crippen LogP contribution < -0.4 is 5.73 Å². The summed E-state index contributed by atoms with van der Waals surface area (Å²) in [5.74, 6) is 0. The maximum atomic E-state index is 5.55. The Morgan fingerprint density at radius 3 is 3.15 bits per heavy atom. The van der Waals surface area contributed by atoms with Gasteiger partial charge in [0.25, 0.3) is 0 Å². The number of rotatable bonds is 2. The number of benzene rings is 1. The smallest absolute Gasteiger partial charge is 0.0178 e. The summed E-state index contributed by atoms with van der Waals surface area (Å²) >= 11 is 5.46. The quantitative estimate of drug-likeness (QED) is 0.882. The molecule has 1 aromatic rings. The summed E-state index contributed by atoms with van der Waals surface area (Å²) < 4.78 is 1.18. The van der Waals surface area contributed by atoms with E-state index >= 15 is 0 Å². The molecular weight excluding hydrogens is 246 g/mol. The first-order valence-electron chi connectivity index (χ1n) is 4.45. The predicted octanol–water partition coefficient (Wildman–Crippen LogP) is 2.81. The zero-order valence-corrected chi connectivity index (χ0v) is 9.70. The second-order valence-electron chi connectivity index (χ2n) is 3.27. The lowest BCUT2D eigenvalue weighted by atomic mass is 10.1. The molecule has 1 nitrogen and oxygen atoms in total. The largest absolute Gasteiger partial charge is 0.330 e. The average Bonchev–Trinajstić information content (AvgIpc) is 2.46. The van der Waals surface area contributed by atoms with Crippen LogP contribution in [0, 0.1) is 0 Å². The van der Waals surface area contributed by atoms with Gasteiger partial charge >= 0.3 is 0 Å². The van der Waals surface area contributed by atoms with Crippen LogP contribution in [-0.4, -0.2) is 11.8 Å². The van der Waals surface area contributed by atoms with Gasteiger partial charge in [0.2, 0.25) is 0 Å². The van der Waals surface area contributed by atoms with E-state index in [2.05, 4.69) is 34.1 Å². The van der Waals surface area contributed by atoms with Gasteiger partial charge in [-0.15, -0.1) is 11.8 Å². The molecule has 0 amide bonds. The molecule has 1 atom stereocenters. The molecule has 0 fully saturated rings. The second kappa shape index (κ2) is 4.03. The zero-order chi connectivity index (χ0) is 9.26. The van der Waals surface area contributed by atoms with Crippen LogP contribution in [-0.2, 0) is 6.42 Å². The van der Waals surface area contributed by atoms with Crippen molar-refractivity contribution in [2.45, 2.75) is 23.0 Å². The molecule has 2 rings (SSSR count). The first kappa shape index (κ1) is 9.56. The Morgan fingerprint density at radius 2 is 2.38 bits per heavy atom. The summed E-state index contributed by atoms with van der Waals surface area (Å²) in [4.78, 5) is 1.43. The number of thioether (sulfide) groups is 1. The minimum absolute atomic E-state index is 0.703. The Hall–Kier alpha value is 0.01000. The second-order valence-corrected chi connectivity index (χ2v) is 5.53. The molecular formula is C10H12BrNS. The lowest BCUT2D eigenvalue weighted by Gasteiger charge is -2.03. The third kappa shape index (κ3) is 2.09. The Kier molecular flexibility index (Phi) is 2.96. The fourth-order valence-corrected chi connectivity index (χ4v) is 3.36. The van der Waals surface area contributed by atoms with Gasteiger partial charge in [-0.2, -0.15) is 0 Å². The molecule has 0 saturated carbocycles. The molecule has 0 bridgehead atoms. The van der Waals surface area contributed by atoms with Gasteiger partial charge in [0.05, 0.1) is 0 Å². The summed E-state index contributed by atoms with van der Waals surface area (Å²) in [6.45, 7) is 0.798. The Morgan fingerprint density at radius 1 is 1.54 bits per heavy atom. The molecule has 13 heavy (non-hydrogen) atoms. The van der Waals surface area contributed by atoms with E-state index in [1.807, 2.05) is 11.8 Å². The molecule has 3 heteroatoms. The average molecular weight is 258 g/mol. The molecule has 1 aromatic carbocycles. The van der Waals surface area contributed by atoms with E-state index in [0.29, 0.717) is 5.25 Å². The van der Waals surface area contributed by atoms with Gasteiger partial charge < -0.3 is 5.73 Å². The lowest BCUT2D eigenvalue weighted by molar-refractivity contribution is 0.773. The van der Waals surface area contributed by atoms with Gasteiger partial charge in [-0.05, 0) is 43.1 Å². The van der Waals surface area contributed by atoms with Gasteiger partial charge in [0.15, 0.2) is 0 Å². The third-order valence-electron chi connectivity index (χ3n) is 2.25. The molecule has 70 valence electrons. The maximum absolute atomic E-state index is 5.55. The molecule has 0 saturated heterocycles. The highest BCUT2D eigenvalue weighted by atomic mass is 79.9. The minimum atomic E-state index is 0.703. The van der Waals surface area contributed by atoms with Crippen molar-refractivity contribution in [2.24, 2.45) is 5.73 Å². The lowest BCUT2D eigenvalue weighted by Crippen LogP contribution is -2.09. The fourth-order valence-electron chi connectivity index (χ4n) is 1.64. The summed E-state index contributed by atoms with van der Waals surface area (Å²) in [5, 5.41) is 0.703. The summed E-state index contributed by atoms with van der Waals surface area (Å²) in [7, 11) is 0. The Balaban J connectivity index is 2.16. The molecule has 0 radical (unpaired) electrons. The van der Waals surface area contributed by atoms with Gasteiger partial charge in [-0.3, -0.25) is 0 Å². The first-order valence-corrected chi connectivity index (χ1v) is 6.12. The molecule has 1 aliphatic rings. The van der Waals surface area contributed by atoms with Crippen LogP contribution in [0.5, 0.6) is 0 Å². The van der Waals surface area contributed by atoms with Crippen molar-refractivity contribution in [2.75, 3.05) is 6.54 Å². The number of hydrogen-bond donors (Lipinski definition) is 1. The van der Waals surface area contributed by atoms with Crippen LogP contribution in [0.1, 0.15) is 12.0 Å². The van der Waals surface area contributed by atoms with Gasteiger partial charge in [0, 0.05) is 14.6 Å². The molecule has 0 aliphatic carbocycles. The van der Waals surface area contributed by atoms with Crippen molar-refractivity contribution < 1.29 is 0 Å². The standard InChI is InChI=1S/C10H12BrNS/c11-8-1-2-10-7(5-8)6-9(13-10)3-4-12/h1-2,5,9H,3-4,6,12H2. The number of nitrogens with two attached hydrogens (primary N) is 1. The van der Waals surface area contributed by atoms with Crippen molar-refractivity contribution in [3.8, 4) is 0 Å². The minimum Gasteiger partial charge on any atom is -0.330 e. The Labute approximate surface area is 91.2 Å². The maximum Gasteiger partial charge on any atom is 0.0178 e. The van der Waals surface area contributed by atoms with Crippen LogP contribution in [0.3, 0.4) is 0 Å². The van der Waals surface area contributed by atoms with Gasteiger partial charge in [-0.25, -0.2) is 0 Å². The van der Waals surface area contributed by atoms with E-state index in [-0.39, 0.29) is 0 Å². The van der Waals surface area contributed by atoms with Crippen molar-refractivity contribution in [3.05, 3.63) is 28.2 Å². The van der Waals surface area contributed by atoms with Crippen molar-refractivity contribution in [3.63, 3.8) is 0 Å². The number of fused-ring (bicyclic) bond motifs is 1. The van der Waals surface area contributed by atoms with E-state index in [1.54, 1.807) is 0 Å². The van der Waals surface area contributed by atoms with E-state index in [4.69, 9.17) is 5.73 Å². The normalized spacial score (nSPS) is 20.3. The van der Waals surface area contributed by atoms with Crippen molar-refractivity contribution in [1.29, 1.82) is 0 Å². The van der Waals surface area contributed by atoms with E-state index in [0.717, 1.165) is 13.0 Å². The highest BCUT2D eigenvalue weighted by molar-refractivity contribution is 9.10. The molecule has 0 aromatic heterocycles. The monoisotopic (exact) mass is 257 g/mol. The molecule has 1 heterocycles. The van der Waals surface area contributed by atoms with Crippen molar-refractivity contribution in [1.82, 2.24) is 0 Å². The third-order valence-corrected chi connectivity index (χ3v) is 4.13. The molecule has 2 N–H and O–H groups in total. The molecule has 1 aliphatic heterocycles. The highest BCUT2D eigenvalue weighted by Crippen LogP contribution is 2.39. The zero-order valence-electron chi connectivity index (χ0n) is 7.29. The van der Waals surface area contributed by atoms with E-state index < -0.39 is 0 Å². The topological polar surface area (TPSA) is 26.0 Å².